The second-order valence-electron chi connectivity index (χ2n) is 17.6. The van der Waals surface area contributed by atoms with Gasteiger partial charge in [0.15, 0.2) is 26.9 Å². The van der Waals surface area contributed by atoms with Crippen LogP contribution in [0, 0.1) is 24.2 Å². The number of ether oxygens (including phenoxy) is 3. The largest absolute Gasteiger partial charge is 0.489 e. The molecule has 6 aromatic rings. The van der Waals surface area contributed by atoms with Crippen LogP contribution in [0.2, 0.25) is 10.0 Å². The Morgan fingerprint density at radius 2 is 1.61 bits per heavy atom. The first kappa shape index (κ1) is 47.9. The van der Waals surface area contributed by atoms with Crippen molar-refractivity contribution in [2.24, 2.45) is 5.92 Å². The van der Waals surface area contributed by atoms with Gasteiger partial charge in [0.2, 0.25) is 5.91 Å². The number of aromatic nitrogens is 1. The smallest absolute Gasteiger partial charge is 0.326 e. The first-order chi connectivity index (χ1) is 33.3. The molecule has 356 valence electrons. The summed E-state index contributed by atoms with van der Waals surface area (Å²) in [7, 11) is -4.38. The number of carbonyl (C=O) groups is 2. The average molecular weight is 1010 g/mol. The molecule has 3 atom stereocenters. The molecule has 0 saturated heterocycles. The number of aliphatic carboxylic acids is 1. The lowest BCUT2D eigenvalue weighted by atomic mass is 9.89. The molecule has 1 aromatic heterocycles. The van der Waals surface area contributed by atoms with Gasteiger partial charge in [0, 0.05) is 19.5 Å². The van der Waals surface area contributed by atoms with Gasteiger partial charge in [0.1, 0.15) is 31.0 Å². The fraction of sp³-hybridized carbons (Fsp3) is 0.308. The zero-order valence-corrected chi connectivity index (χ0v) is 40.8. The number of benzene rings is 5. The van der Waals surface area contributed by atoms with Crippen molar-refractivity contribution in [1.82, 2.24) is 14.6 Å². The monoisotopic (exact) mass is 1010 g/mol. The minimum atomic E-state index is -4.38. The quantitative estimate of drug-likeness (QED) is 0.0891. The minimum Gasteiger partial charge on any atom is -0.489 e. The molecule has 3 aliphatic rings. The number of amides is 1. The number of carboxylic acid groups (broad SMARTS) is 1. The van der Waals surface area contributed by atoms with Crippen molar-refractivity contribution in [1.29, 1.82) is 5.26 Å². The van der Waals surface area contributed by atoms with Gasteiger partial charge in [-0.2, -0.15) is 9.57 Å². The van der Waals surface area contributed by atoms with Crippen LogP contribution in [0.3, 0.4) is 0 Å². The number of carboxylic acids is 1. The van der Waals surface area contributed by atoms with Gasteiger partial charge < -0.3 is 30.0 Å². The lowest BCUT2D eigenvalue weighted by Gasteiger charge is -2.36. The number of hydrogen-bond donors (Lipinski definition) is 3. The van der Waals surface area contributed by atoms with E-state index in [0.29, 0.717) is 79.4 Å². The number of anilines is 1. The summed E-state index contributed by atoms with van der Waals surface area (Å²) < 4.78 is 49.8. The van der Waals surface area contributed by atoms with Crippen molar-refractivity contribution < 1.29 is 37.3 Å². The molecule has 5 aromatic carbocycles. The highest BCUT2D eigenvalue weighted by Crippen LogP contribution is 2.43. The third kappa shape index (κ3) is 11.0. The topological polar surface area (TPSA) is 180 Å². The van der Waals surface area contributed by atoms with Crippen molar-refractivity contribution >= 4 is 61.6 Å². The second kappa shape index (κ2) is 20.8. The first-order valence-corrected chi connectivity index (χ1v) is 25.8. The molecule has 0 bridgehead atoms. The van der Waals surface area contributed by atoms with E-state index in [-0.39, 0.29) is 30.2 Å². The van der Waals surface area contributed by atoms with Gasteiger partial charge in [-0.15, -0.1) is 0 Å². The van der Waals surface area contributed by atoms with Crippen molar-refractivity contribution in [2.45, 2.75) is 87.4 Å². The molecule has 1 aliphatic carbocycles. The number of nitriles is 1. The van der Waals surface area contributed by atoms with Crippen LogP contribution in [0.15, 0.2) is 107 Å². The van der Waals surface area contributed by atoms with Crippen LogP contribution in [0.5, 0.6) is 17.2 Å². The van der Waals surface area contributed by atoms with Gasteiger partial charge in [0.25, 0.3) is 10.0 Å². The number of hydrogen-bond acceptors (Lipinski definition) is 11. The summed E-state index contributed by atoms with van der Waals surface area (Å²) >= 11 is 13.3. The summed E-state index contributed by atoms with van der Waals surface area (Å²) in [6, 6.07) is 30.2. The van der Waals surface area contributed by atoms with Gasteiger partial charge in [-0.05, 0) is 120 Å². The zero-order valence-electron chi connectivity index (χ0n) is 37.6. The van der Waals surface area contributed by atoms with E-state index in [0.717, 1.165) is 50.7 Å². The van der Waals surface area contributed by atoms with Gasteiger partial charge in [-0.1, -0.05) is 108 Å². The summed E-state index contributed by atoms with van der Waals surface area (Å²) in [5, 5.41) is 27.1. The molecule has 0 spiro atoms. The molecule has 69 heavy (non-hydrogen) atoms. The lowest BCUT2D eigenvalue weighted by molar-refractivity contribution is -0.142. The van der Waals surface area contributed by atoms with Crippen molar-refractivity contribution in [2.75, 3.05) is 18.5 Å². The Bertz CT molecular complexity index is 3010. The van der Waals surface area contributed by atoms with E-state index < -0.39 is 40.1 Å². The predicted octanol–water partition coefficient (Wildman–Crippen LogP) is 10.3. The summed E-state index contributed by atoms with van der Waals surface area (Å²) in [5.41, 5.74) is 6.25. The highest BCUT2D eigenvalue weighted by molar-refractivity contribution is 7.91. The maximum Gasteiger partial charge on any atom is 0.326 e. The maximum absolute atomic E-state index is 14.9. The summed E-state index contributed by atoms with van der Waals surface area (Å²) in [6.45, 7) is 2.63. The van der Waals surface area contributed by atoms with Crippen molar-refractivity contribution in [3.05, 3.63) is 152 Å². The second-order valence-corrected chi connectivity index (χ2v) is 21.5. The number of fused-ring (bicyclic) bond motifs is 2. The van der Waals surface area contributed by atoms with Gasteiger partial charge in [0.05, 0.1) is 27.4 Å². The van der Waals surface area contributed by atoms with Crippen molar-refractivity contribution in [3.63, 3.8) is 0 Å². The van der Waals surface area contributed by atoms with E-state index in [9.17, 15) is 28.4 Å². The molecule has 3 heterocycles. The van der Waals surface area contributed by atoms with Crippen LogP contribution in [-0.4, -0.2) is 59.9 Å². The Balaban J connectivity index is 0.948. The molecule has 1 amide bonds. The summed E-state index contributed by atoms with van der Waals surface area (Å²) in [6.07, 6.45) is 5.19. The van der Waals surface area contributed by atoms with Gasteiger partial charge in [-0.3, -0.25) is 4.79 Å². The zero-order chi connectivity index (χ0) is 48.2. The molecular weight excluding hydrogens is 958 g/mol. The number of rotatable bonds is 15. The molecule has 9 rings (SSSR count). The number of thiazole rings is 1. The Morgan fingerprint density at radius 3 is 2.30 bits per heavy atom. The van der Waals surface area contributed by atoms with Crippen LogP contribution in [-0.2, 0) is 45.6 Å². The standard InChI is InChI=1S/C52H49Cl2N5O8S2/c1-31-51(68-52(57-31)56-27-34-5-3-2-4-6-34)69(63,64)59-28-40-25-47-46(66-30-48(67-47)38-16-18-41(19-17-38)65-29-35-11-20-42(53)43(54)21-35)24-39(40)23-45(59)49(60)58-44(50(61)62)22-32-7-12-36(13-8-32)37-14-9-33(26-55)10-15-37/h7-21,24-25,34,44-45,48H,2-6,22-23,27-30H2,1H3,(H,56,57)(H,58,60)(H,61,62)/t44-,45-,48+/m0/s1. The highest BCUT2D eigenvalue weighted by Gasteiger charge is 2.43. The number of aryl methyl sites for hydroxylation is 1. The van der Waals surface area contributed by atoms with E-state index in [4.69, 9.17) is 37.4 Å². The molecule has 17 heteroatoms. The van der Waals surface area contributed by atoms with Gasteiger partial charge in [-0.25, -0.2) is 18.2 Å². The third-order valence-corrected chi connectivity index (χ3v) is 17.2. The molecule has 0 radical (unpaired) electrons. The lowest BCUT2D eigenvalue weighted by Crippen LogP contribution is -2.55. The SMILES string of the molecule is Cc1nc(NCC2CCCCC2)sc1S(=O)(=O)N1Cc2cc3c(cc2C[C@H]1C(=O)N[C@@H](Cc1ccc(-c2ccc(C#N)cc2)cc1)C(=O)O)OC[C@H](c1ccc(OCc2ccc(Cl)c(Cl)c2)cc1)O3. The Labute approximate surface area is 415 Å². The van der Waals surface area contributed by atoms with Crippen LogP contribution in [0.25, 0.3) is 11.1 Å². The summed E-state index contributed by atoms with van der Waals surface area (Å²) in [4.78, 5) is 31.9. The Morgan fingerprint density at radius 1 is 0.913 bits per heavy atom. The van der Waals surface area contributed by atoms with Crippen LogP contribution >= 0.6 is 34.5 Å². The third-order valence-electron chi connectivity index (χ3n) is 12.9. The molecule has 2 aliphatic heterocycles. The molecule has 1 saturated carbocycles. The fourth-order valence-electron chi connectivity index (χ4n) is 9.04. The summed E-state index contributed by atoms with van der Waals surface area (Å²) in [5.74, 6) is -0.0246. The van der Waals surface area contributed by atoms with Crippen LogP contribution < -0.4 is 24.8 Å². The number of nitrogens with zero attached hydrogens (tertiary/aromatic N) is 3. The van der Waals surface area contributed by atoms with Crippen molar-refractivity contribution in [3.8, 4) is 34.4 Å². The molecular formula is C52H49Cl2N5O8S2. The molecule has 13 nitrogen and oxygen atoms in total. The maximum atomic E-state index is 14.9. The van der Waals surface area contributed by atoms with E-state index in [1.54, 1.807) is 55.5 Å². The van der Waals surface area contributed by atoms with Gasteiger partial charge >= 0.3 is 5.97 Å². The normalized spacial score (nSPS) is 17.5. The molecule has 3 N–H and O–H groups in total. The van der Waals surface area contributed by atoms with E-state index in [1.165, 1.54) is 19.3 Å². The molecule has 1 fully saturated rings. The molecule has 0 unspecified atom stereocenters. The Hall–Kier alpha value is -6.15. The Kier molecular flexibility index (Phi) is 14.5. The van der Waals surface area contributed by atoms with Crippen LogP contribution in [0.1, 0.15) is 77.3 Å². The fourth-order valence-corrected chi connectivity index (χ4v) is 12.5. The first-order valence-electron chi connectivity index (χ1n) is 22.8. The minimum absolute atomic E-state index is 0.00836. The van der Waals surface area contributed by atoms with E-state index in [1.807, 2.05) is 54.6 Å². The highest BCUT2D eigenvalue weighted by atomic mass is 35.5. The van der Waals surface area contributed by atoms with Crippen LogP contribution in [0.4, 0.5) is 5.13 Å². The predicted molar refractivity (Wildman–Crippen MR) is 265 cm³/mol. The van der Waals surface area contributed by atoms with E-state index in [2.05, 4.69) is 21.7 Å². The number of sulfonamides is 1. The number of carbonyl (C=O) groups excluding carboxylic acids is 1. The van der Waals surface area contributed by atoms with E-state index >= 15 is 0 Å². The number of halogens is 2. The average Bonchev–Trinajstić information content (AvgIpc) is 3.76. The number of nitrogens with one attached hydrogen (secondary N) is 2.